The van der Waals surface area contributed by atoms with Crippen molar-refractivity contribution in [2.45, 2.75) is 130 Å². The summed E-state index contributed by atoms with van der Waals surface area (Å²) in [6.45, 7) is -2.13. The van der Waals surface area contributed by atoms with E-state index in [0.717, 1.165) is 19.8 Å². The van der Waals surface area contributed by atoms with E-state index in [-0.39, 0.29) is 6.61 Å². The van der Waals surface area contributed by atoms with Crippen LogP contribution in [-0.2, 0) is 42.8 Å². The second-order valence-electron chi connectivity index (χ2n) is 13.0. The number of carbonyl (C=O) groups excluding carboxylic acids is 2. The third-order valence-corrected chi connectivity index (χ3v) is 9.08. The number of nitrogens with two attached hydrogens (primary N) is 1. The summed E-state index contributed by atoms with van der Waals surface area (Å²) in [6.07, 6.45) is -22.6. The number of aliphatic hydroxyl groups is 10. The zero-order chi connectivity index (χ0) is 39.6. The van der Waals surface area contributed by atoms with Crippen molar-refractivity contribution in [2.75, 3.05) is 39.6 Å². The SMILES string of the molecule is CC(=O)NC1[C@H](OCCCCCN)OC(CO)[C@@H](O[C@@H]2OC(CO[C@]3(C(=O)O)C[C@@H](O)[C@@H](NC(=O)CO)C([C@H](O)[C@H](O)CO)O3)[C@H](O)[C@H](O)C2O)[C@@H]1O. The minimum Gasteiger partial charge on any atom is -0.477 e. The van der Waals surface area contributed by atoms with Gasteiger partial charge in [-0.15, -0.1) is 0 Å². The fourth-order valence-electron chi connectivity index (χ4n) is 6.20. The van der Waals surface area contributed by atoms with E-state index in [2.05, 4.69) is 10.6 Å². The number of hydrogen-bond acceptors (Lipinski definition) is 20. The topological polar surface area (TPSA) is 379 Å². The first kappa shape index (κ1) is 45.1. The normalized spacial score (nSPS) is 38.8. The summed E-state index contributed by atoms with van der Waals surface area (Å²) in [5, 5.41) is 118. The van der Waals surface area contributed by atoms with Crippen LogP contribution in [0, 0.1) is 0 Å². The van der Waals surface area contributed by atoms with E-state index in [0.29, 0.717) is 13.0 Å². The maximum Gasteiger partial charge on any atom is 0.364 e. The molecule has 5 unspecified atom stereocenters. The van der Waals surface area contributed by atoms with E-state index in [1.165, 1.54) is 0 Å². The molecule has 3 saturated heterocycles. The Morgan fingerprint density at radius 1 is 0.887 bits per heavy atom. The first-order valence-corrected chi connectivity index (χ1v) is 17.0. The third kappa shape index (κ3) is 11.2. The first-order valence-electron chi connectivity index (χ1n) is 17.0. The molecule has 53 heavy (non-hydrogen) atoms. The lowest BCUT2D eigenvalue weighted by Crippen LogP contribution is -2.69. The molecule has 0 aromatic heterocycles. The molecule has 308 valence electrons. The van der Waals surface area contributed by atoms with Crippen molar-refractivity contribution in [1.82, 2.24) is 10.6 Å². The van der Waals surface area contributed by atoms with Crippen molar-refractivity contribution in [3.05, 3.63) is 0 Å². The van der Waals surface area contributed by atoms with Gasteiger partial charge < -0.3 is 101 Å². The summed E-state index contributed by atoms with van der Waals surface area (Å²) in [5.74, 6) is -6.48. The van der Waals surface area contributed by atoms with Crippen LogP contribution < -0.4 is 16.4 Å². The molecule has 3 aliphatic rings. The molecule has 3 heterocycles. The van der Waals surface area contributed by atoms with Crippen molar-refractivity contribution in [3.8, 4) is 0 Å². The maximum absolute atomic E-state index is 12.6. The largest absolute Gasteiger partial charge is 0.477 e. The zero-order valence-electron chi connectivity index (χ0n) is 28.9. The summed E-state index contributed by atoms with van der Waals surface area (Å²) in [7, 11) is 0. The number of ether oxygens (including phenoxy) is 6. The van der Waals surface area contributed by atoms with Gasteiger partial charge in [0.05, 0.1) is 32.0 Å². The van der Waals surface area contributed by atoms with Crippen LogP contribution >= 0.6 is 0 Å². The number of aliphatic hydroxyl groups excluding tert-OH is 10. The van der Waals surface area contributed by atoms with Crippen LogP contribution in [0.3, 0.4) is 0 Å². The molecular weight excluding hydrogens is 722 g/mol. The number of carboxylic acid groups (broad SMARTS) is 1. The van der Waals surface area contributed by atoms with Crippen molar-refractivity contribution >= 4 is 17.8 Å². The minimum atomic E-state index is -2.90. The average molecular weight is 776 g/mol. The molecule has 0 radical (unpaired) electrons. The van der Waals surface area contributed by atoms with Crippen LogP contribution in [0.4, 0.5) is 0 Å². The fraction of sp³-hybridized carbons (Fsp3) is 0.900. The first-order chi connectivity index (χ1) is 25.0. The molecule has 3 rings (SSSR count). The molecule has 15 N–H and O–H groups in total. The third-order valence-electron chi connectivity index (χ3n) is 9.08. The second-order valence-corrected chi connectivity index (χ2v) is 13.0. The monoisotopic (exact) mass is 775 g/mol. The van der Waals surface area contributed by atoms with Crippen molar-refractivity contribution in [3.63, 3.8) is 0 Å². The van der Waals surface area contributed by atoms with Gasteiger partial charge in [-0.2, -0.15) is 0 Å². The predicted molar refractivity (Wildman–Crippen MR) is 170 cm³/mol. The molecule has 3 fully saturated rings. The molecule has 0 saturated carbocycles. The quantitative estimate of drug-likeness (QED) is 0.0542. The maximum atomic E-state index is 12.6. The molecule has 23 nitrogen and oxygen atoms in total. The molecule has 16 atom stereocenters. The Bertz CT molecular complexity index is 1170. The number of carboxylic acids is 1. The molecule has 0 bridgehead atoms. The van der Waals surface area contributed by atoms with Gasteiger partial charge in [-0.25, -0.2) is 4.79 Å². The highest BCUT2D eigenvalue weighted by Crippen LogP contribution is 2.35. The van der Waals surface area contributed by atoms with E-state index in [1.807, 2.05) is 0 Å². The molecule has 0 aliphatic carbocycles. The highest BCUT2D eigenvalue weighted by molar-refractivity contribution is 5.78. The number of nitrogens with one attached hydrogen (secondary N) is 2. The Kier molecular flexibility index (Phi) is 17.5. The van der Waals surface area contributed by atoms with Crippen molar-refractivity contribution in [1.29, 1.82) is 0 Å². The Morgan fingerprint density at radius 3 is 2.15 bits per heavy atom. The minimum absolute atomic E-state index is 0.144. The predicted octanol–water partition coefficient (Wildman–Crippen LogP) is -7.95. The smallest absolute Gasteiger partial charge is 0.364 e. The van der Waals surface area contributed by atoms with Gasteiger partial charge >= 0.3 is 5.97 Å². The number of aliphatic carboxylic acids is 1. The number of hydrogen-bond donors (Lipinski definition) is 14. The zero-order valence-corrected chi connectivity index (χ0v) is 28.9. The average Bonchev–Trinajstić information content (AvgIpc) is 3.13. The Labute approximate surface area is 303 Å². The van der Waals surface area contributed by atoms with Gasteiger partial charge in [0.25, 0.3) is 5.79 Å². The molecule has 0 aromatic carbocycles. The van der Waals surface area contributed by atoms with Crippen molar-refractivity contribution in [2.24, 2.45) is 5.73 Å². The molecule has 3 aliphatic heterocycles. The van der Waals surface area contributed by atoms with Gasteiger partial charge in [-0.3, -0.25) is 9.59 Å². The molecule has 23 heteroatoms. The van der Waals surface area contributed by atoms with Gasteiger partial charge in [0.1, 0.15) is 73.7 Å². The number of unbranched alkanes of at least 4 members (excludes halogenated alkanes) is 2. The summed E-state index contributed by atoms with van der Waals surface area (Å²) in [4.78, 5) is 36.5. The Balaban J connectivity index is 1.81. The van der Waals surface area contributed by atoms with Gasteiger partial charge in [-0.05, 0) is 25.8 Å². The number of amides is 2. The highest BCUT2D eigenvalue weighted by Gasteiger charge is 2.57. The van der Waals surface area contributed by atoms with Crippen molar-refractivity contribution < 1.29 is 99.0 Å². The van der Waals surface area contributed by atoms with Crippen LogP contribution in [0.25, 0.3) is 0 Å². The van der Waals surface area contributed by atoms with Crippen LogP contribution in [0.5, 0.6) is 0 Å². The lowest BCUT2D eigenvalue weighted by atomic mass is 9.88. The number of carbonyl (C=O) groups is 3. The lowest BCUT2D eigenvalue weighted by Gasteiger charge is -2.48. The fourth-order valence-corrected chi connectivity index (χ4v) is 6.20. The molecule has 0 aromatic rings. The molecular formula is C30H53N3O20. The highest BCUT2D eigenvalue weighted by atomic mass is 16.8. The van der Waals surface area contributed by atoms with Crippen LogP contribution in [0.1, 0.15) is 32.6 Å². The van der Waals surface area contributed by atoms with Gasteiger partial charge in [0.15, 0.2) is 12.6 Å². The summed E-state index contributed by atoms with van der Waals surface area (Å²) >= 11 is 0. The number of rotatable bonds is 19. The Morgan fingerprint density at radius 2 is 1.57 bits per heavy atom. The van der Waals surface area contributed by atoms with Gasteiger partial charge in [0.2, 0.25) is 11.8 Å². The van der Waals surface area contributed by atoms with E-state index in [9.17, 15) is 65.4 Å². The van der Waals surface area contributed by atoms with Gasteiger partial charge in [-0.1, -0.05) is 0 Å². The molecule has 0 spiro atoms. The Hall–Kier alpha value is -2.27. The summed E-state index contributed by atoms with van der Waals surface area (Å²) < 4.78 is 33.9. The van der Waals surface area contributed by atoms with E-state index in [1.54, 1.807) is 0 Å². The van der Waals surface area contributed by atoms with Crippen LogP contribution in [0.15, 0.2) is 0 Å². The summed E-state index contributed by atoms with van der Waals surface area (Å²) in [5.41, 5.74) is 5.50. The summed E-state index contributed by atoms with van der Waals surface area (Å²) in [6, 6.07) is -2.91. The van der Waals surface area contributed by atoms with E-state index in [4.69, 9.17) is 39.3 Å². The van der Waals surface area contributed by atoms with Crippen LogP contribution in [0.2, 0.25) is 0 Å². The second kappa shape index (κ2) is 20.6. The standard InChI is InChI=1S/C30H53N3O20/c1-12(37)32-19-22(43)25(15(9-35)50-27(19)48-6-4-2-3-5-31)52-28-24(45)23(44)21(42)16(51-28)11-49-30(29(46)47)7-13(38)18(33-17(40)10-36)26(53-30)20(41)14(39)8-34/h13-16,18-28,34-36,38-39,41-45H,2-11,31H2,1H3,(H,32,37)(H,33,40)(H,46,47)/t13-,14-,15?,16?,18-,19?,20-,21+,22-,23+,24?,25-,26?,27-,28+,30-/m1/s1. The lowest BCUT2D eigenvalue weighted by molar-refractivity contribution is -0.360. The van der Waals surface area contributed by atoms with E-state index >= 15 is 0 Å². The van der Waals surface area contributed by atoms with Crippen LogP contribution in [-0.4, -0.2) is 211 Å². The molecule has 2 amide bonds. The van der Waals surface area contributed by atoms with Gasteiger partial charge in [0, 0.05) is 20.0 Å². The van der Waals surface area contributed by atoms with E-state index < -0.39 is 148 Å².